The molecule has 2 N–H and O–H groups in total. The van der Waals surface area contributed by atoms with Crippen LogP contribution in [-0.2, 0) is 11.2 Å². The van der Waals surface area contributed by atoms with Crippen molar-refractivity contribution < 1.29 is 9.53 Å². The fraction of sp³-hybridized carbons (Fsp3) is 0.615. The fourth-order valence-corrected chi connectivity index (χ4v) is 2.98. The molecule has 21 heavy (non-hydrogen) atoms. The molecule has 2 atom stereocenters. The number of urea groups is 1. The highest BCUT2D eigenvalue weighted by molar-refractivity contribution is 6.30. The quantitative estimate of drug-likeness (QED) is 0.753. The Labute approximate surface area is 128 Å². The van der Waals surface area contributed by atoms with Gasteiger partial charge in [-0.3, -0.25) is 4.90 Å². The Balaban J connectivity index is 1.97. The Bertz CT molecular complexity index is 568. The minimum absolute atomic E-state index is 0.0997. The van der Waals surface area contributed by atoms with E-state index in [4.69, 9.17) is 16.3 Å². The Morgan fingerprint density at radius 1 is 1.52 bits per heavy atom. The van der Waals surface area contributed by atoms with Crippen molar-refractivity contribution in [3.63, 3.8) is 0 Å². The minimum Gasteiger partial charge on any atom is -0.367 e. The molecule has 0 aliphatic carbocycles. The largest absolute Gasteiger partial charge is 0.367 e. The van der Waals surface area contributed by atoms with E-state index in [1.54, 1.807) is 11.9 Å². The summed E-state index contributed by atoms with van der Waals surface area (Å²) in [6.07, 6.45) is 0.412. The Morgan fingerprint density at radius 2 is 2.33 bits per heavy atom. The van der Waals surface area contributed by atoms with Crippen LogP contribution < -0.4 is 15.5 Å². The van der Waals surface area contributed by atoms with Gasteiger partial charge in [0.15, 0.2) is 5.82 Å². The van der Waals surface area contributed by atoms with Gasteiger partial charge >= 0.3 is 6.03 Å². The summed E-state index contributed by atoms with van der Waals surface area (Å²) in [6, 6.07) is -0.0899. The van der Waals surface area contributed by atoms with Crippen molar-refractivity contribution in [1.29, 1.82) is 0 Å². The third kappa shape index (κ3) is 2.56. The number of amides is 2. The third-order valence-corrected chi connectivity index (χ3v) is 4.14. The van der Waals surface area contributed by atoms with Crippen molar-refractivity contribution in [2.75, 3.05) is 31.6 Å². The van der Waals surface area contributed by atoms with Gasteiger partial charge in [-0.2, -0.15) is 0 Å². The number of fused-ring (bicyclic) bond motifs is 1. The molecule has 0 spiro atoms. The highest BCUT2D eigenvalue weighted by Crippen LogP contribution is 2.33. The minimum atomic E-state index is -0.256. The molecule has 0 aromatic carbocycles. The van der Waals surface area contributed by atoms with Crippen molar-refractivity contribution in [2.24, 2.45) is 0 Å². The predicted octanol–water partition coefficient (Wildman–Crippen LogP) is 0.881. The van der Waals surface area contributed by atoms with Crippen molar-refractivity contribution in [1.82, 2.24) is 20.6 Å². The monoisotopic (exact) mass is 311 g/mol. The summed E-state index contributed by atoms with van der Waals surface area (Å²) in [5.41, 5.74) is 0.820. The number of anilines is 1. The number of carbonyl (C=O) groups excluding carboxylic acids is 1. The molecular formula is C13H18ClN5O2. The van der Waals surface area contributed by atoms with E-state index in [0.29, 0.717) is 36.4 Å². The van der Waals surface area contributed by atoms with Crippen LogP contribution in [0.3, 0.4) is 0 Å². The van der Waals surface area contributed by atoms with Gasteiger partial charge < -0.3 is 15.4 Å². The van der Waals surface area contributed by atoms with Gasteiger partial charge in [-0.25, -0.2) is 14.8 Å². The number of morpholine rings is 1. The lowest BCUT2D eigenvalue weighted by molar-refractivity contribution is -0.00554. The van der Waals surface area contributed by atoms with Crippen LogP contribution in [0.2, 0.25) is 5.15 Å². The number of nitrogens with one attached hydrogen (secondary N) is 2. The van der Waals surface area contributed by atoms with E-state index in [2.05, 4.69) is 20.6 Å². The average Bonchev–Trinajstić information content (AvgIpc) is 2.91. The molecule has 2 aliphatic rings. The van der Waals surface area contributed by atoms with Crippen LogP contribution in [-0.4, -0.2) is 48.8 Å². The van der Waals surface area contributed by atoms with E-state index in [-0.39, 0.29) is 18.2 Å². The first-order valence-electron chi connectivity index (χ1n) is 7.02. The van der Waals surface area contributed by atoms with Gasteiger partial charge in [0.25, 0.3) is 0 Å². The summed E-state index contributed by atoms with van der Waals surface area (Å²) in [4.78, 5) is 22.4. The smallest absolute Gasteiger partial charge is 0.322 e. The molecule has 1 unspecified atom stereocenters. The molecule has 1 saturated heterocycles. The van der Waals surface area contributed by atoms with Crippen LogP contribution in [0.5, 0.6) is 0 Å². The number of nitrogens with zero attached hydrogens (tertiary/aromatic N) is 3. The van der Waals surface area contributed by atoms with E-state index in [1.165, 1.54) is 0 Å². The first kappa shape index (κ1) is 14.5. The van der Waals surface area contributed by atoms with Crippen LogP contribution in [0.15, 0.2) is 0 Å². The van der Waals surface area contributed by atoms with Crippen molar-refractivity contribution >= 4 is 23.4 Å². The molecule has 1 fully saturated rings. The second-order valence-electron chi connectivity index (χ2n) is 5.17. The first-order chi connectivity index (χ1) is 10.1. The van der Waals surface area contributed by atoms with Crippen molar-refractivity contribution in [3.05, 3.63) is 16.5 Å². The summed E-state index contributed by atoms with van der Waals surface area (Å²) in [5, 5.41) is 6.34. The summed E-state index contributed by atoms with van der Waals surface area (Å²) in [7, 11) is 1.60. The average molecular weight is 312 g/mol. The van der Waals surface area contributed by atoms with Gasteiger partial charge in [-0.15, -0.1) is 0 Å². The zero-order chi connectivity index (χ0) is 15.0. The zero-order valence-electron chi connectivity index (χ0n) is 12.0. The number of ether oxygens (including phenoxy) is 1. The van der Waals surface area contributed by atoms with E-state index in [9.17, 15) is 4.79 Å². The molecule has 1 aromatic rings. The van der Waals surface area contributed by atoms with Gasteiger partial charge in [0.05, 0.1) is 6.61 Å². The molecule has 7 nitrogen and oxygen atoms in total. The summed E-state index contributed by atoms with van der Waals surface area (Å²) < 4.78 is 5.75. The summed E-state index contributed by atoms with van der Waals surface area (Å²) in [6.45, 7) is 3.99. The van der Waals surface area contributed by atoms with Gasteiger partial charge in [-0.1, -0.05) is 11.6 Å². The molecule has 0 radical (unpaired) electrons. The molecule has 114 valence electrons. The maximum absolute atomic E-state index is 11.9. The highest BCUT2D eigenvalue weighted by Gasteiger charge is 2.32. The number of hydrogen-bond acceptors (Lipinski definition) is 5. The lowest BCUT2D eigenvalue weighted by Gasteiger charge is -2.29. The van der Waals surface area contributed by atoms with Gasteiger partial charge in [0, 0.05) is 31.7 Å². The number of carbonyl (C=O) groups is 1. The maximum atomic E-state index is 11.9. The van der Waals surface area contributed by atoms with E-state index >= 15 is 0 Å². The fourth-order valence-electron chi connectivity index (χ4n) is 2.71. The lowest BCUT2D eigenvalue weighted by Crippen LogP contribution is -2.42. The lowest BCUT2D eigenvalue weighted by atomic mass is 10.1. The molecular weight excluding hydrogens is 294 g/mol. The van der Waals surface area contributed by atoms with Crippen LogP contribution in [0.4, 0.5) is 10.6 Å². The number of halogens is 1. The molecule has 1 aromatic heterocycles. The first-order valence-corrected chi connectivity index (χ1v) is 7.40. The van der Waals surface area contributed by atoms with Crippen LogP contribution in [0, 0.1) is 0 Å². The molecule has 3 rings (SSSR count). The topological polar surface area (TPSA) is 79.4 Å². The normalized spacial score (nSPS) is 24.8. The molecule has 3 heterocycles. The summed E-state index contributed by atoms with van der Waals surface area (Å²) >= 11 is 6.27. The van der Waals surface area contributed by atoms with E-state index < -0.39 is 0 Å². The van der Waals surface area contributed by atoms with E-state index in [0.717, 1.165) is 12.1 Å². The number of hydrogen-bond donors (Lipinski definition) is 2. The van der Waals surface area contributed by atoms with Crippen molar-refractivity contribution in [3.8, 4) is 0 Å². The number of rotatable bonds is 1. The summed E-state index contributed by atoms with van der Waals surface area (Å²) in [5.74, 6) is 1.11. The zero-order valence-corrected chi connectivity index (χ0v) is 12.8. The number of aromatic nitrogens is 2. The SMILES string of the molecule is CNC(=O)N1CCc2c(Cl)nc([C@@H]3OCCNC3C)nc21. The Hall–Kier alpha value is -1.44. The molecule has 0 saturated carbocycles. The molecule has 2 aliphatic heterocycles. The van der Waals surface area contributed by atoms with Crippen LogP contribution in [0.25, 0.3) is 0 Å². The standard InChI is InChI=1S/C13H18ClN5O2/c1-7-9(21-6-4-16-7)11-17-10(14)8-3-5-19(12(8)18-11)13(20)15-2/h7,9,16H,3-6H2,1-2H3,(H,15,20)/t7?,9-/m1/s1. The maximum Gasteiger partial charge on any atom is 0.322 e. The molecule has 0 bridgehead atoms. The van der Waals surface area contributed by atoms with Crippen molar-refractivity contribution in [2.45, 2.75) is 25.5 Å². The predicted molar refractivity (Wildman–Crippen MR) is 78.7 cm³/mol. The Kier molecular flexibility index (Phi) is 3.97. The molecule has 8 heteroatoms. The second kappa shape index (κ2) is 5.75. The van der Waals surface area contributed by atoms with Gasteiger partial charge in [0.2, 0.25) is 0 Å². The molecule has 2 amide bonds. The van der Waals surface area contributed by atoms with E-state index in [1.807, 2.05) is 6.92 Å². The van der Waals surface area contributed by atoms with Gasteiger partial charge in [-0.05, 0) is 13.3 Å². The Morgan fingerprint density at radius 3 is 3.05 bits per heavy atom. The highest BCUT2D eigenvalue weighted by atomic mass is 35.5. The van der Waals surface area contributed by atoms with Crippen LogP contribution >= 0.6 is 11.6 Å². The second-order valence-corrected chi connectivity index (χ2v) is 5.52. The van der Waals surface area contributed by atoms with Gasteiger partial charge in [0.1, 0.15) is 17.1 Å². The van der Waals surface area contributed by atoms with Crippen LogP contribution in [0.1, 0.15) is 24.4 Å². The third-order valence-electron chi connectivity index (χ3n) is 3.83.